The molecule has 0 saturated heterocycles. The van der Waals surface area contributed by atoms with Crippen LogP contribution in [0.2, 0.25) is 19.6 Å². The third-order valence-corrected chi connectivity index (χ3v) is 13.0. The fourth-order valence-electron chi connectivity index (χ4n) is 0.950. The van der Waals surface area contributed by atoms with Gasteiger partial charge in [-0.05, 0) is 13.8 Å². The number of alkyl halides is 2. The van der Waals surface area contributed by atoms with Crippen molar-refractivity contribution in [3.63, 3.8) is 0 Å². The van der Waals surface area contributed by atoms with Crippen molar-refractivity contribution in [1.29, 1.82) is 0 Å². The lowest BCUT2D eigenvalue weighted by Crippen LogP contribution is -2.43. The van der Waals surface area contributed by atoms with E-state index in [1.54, 1.807) is 13.8 Å². The molecule has 0 rings (SSSR count). The molecule has 92 valence electrons. The van der Waals surface area contributed by atoms with Crippen molar-refractivity contribution in [1.82, 2.24) is 0 Å². The lowest BCUT2D eigenvalue weighted by molar-refractivity contribution is 0.219. The minimum absolute atomic E-state index is 0.267. The molecule has 0 radical (unpaired) electrons. The maximum absolute atomic E-state index is 12.4. The van der Waals surface area contributed by atoms with E-state index in [4.69, 9.17) is 32.2 Å². The molecular formula is C8H19Cl2O3PSi. The van der Waals surface area contributed by atoms with Crippen LogP contribution in [0.4, 0.5) is 0 Å². The Labute approximate surface area is 103 Å². The van der Waals surface area contributed by atoms with Gasteiger partial charge in [0.05, 0.1) is 13.2 Å². The van der Waals surface area contributed by atoms with Crippen LogP contribution in [0.3, 0.4) is 0 Å². The molecule has 7 heteroatoms. The highest BCUT2D eigenvalue weighted by atomic mass is 35.5. The van der Waals surface area contributed by atoms with Crippen LogP contribution in [-0.4, -0.2) is 25.0 Å². The van der Waals surface area contributed by atoms with Gasteiger partial charge in [-0.1, -0.05) is 42.8 Å². The van der Waals surface area contributed by atoms with Gasteiger partial charge in [0.2, 0.25) is 3.70 Å². The zero-order chi connectivity index (χ0) is 12.3. The van der Waals surface area contributed by atoms with Crippen LogP contribution in [-0.2, 0) is 13.6 Å². The molecule has 0 aliphatic carbocycles. The van der Waals surface area contributed by atoms with Crippen molar-refractivity contribution < 1.29 is 13.6 Å². The summed E-state index contributed by atoms with van der Waals surface area (Å²) in [5, 5.41) is 0. The molecule has 0 atom stereocenters. The van der Waals surface area contributed by atoms with Crippen LogP contribution >= 0.6 is 30.8 Å². The molecule has 15 heavy (non-hydrogen) atoms. The second-order valence-corrected chi connectivity index (χ2v) is 14.5. The molecular weight excluding hydrogens is 274 g/mol. The quantitative estimate of drug-likeness (QED) is 0.417. The van der Waals surface area contributed by atoms with Crippen LogP contribution in [0.1, 0.15) is 13.8 Å². The second kappa shape index (κ2) is 5.52. The first kappa shape index (κ1) is 15.9. The van der Waals surface area contributed by atoms with E-state index in [1.807, 2.05) is 19.6 Å². The van der Waals surface area contributed by atoms with E-state index in [9.17, 15) is 4.57 Å². The lowest BCUT2D eigenvalue weighted by atomic mass is 10.9. The predicted octanol–water partition coefficient (Wildman–Crippen LogP) is 4.26. The Morgan fingerprint density at radius 3 is 1.67 bits per heavy atom. The first-order valence-electron chi connectivity index (χ1n) is 4.89. The van der Waals surface area contributed by atoms with Crippen molar-refractivity contribution >= 4 is 38.9 Å². The van der Waals surface area contributed by atoms with Gasteiger partial charge >= 0.3 is 7.60 Å². The smallest absolute Gasteiger partial charge is 0.307 e. The molecule has 0 N–H and O–H groups in total. The monoisotopic (exact) mass is 292 g/mol. The maximum Gasteiger partial charge on any atom is 0.362 e. The van der Waals surface area contributed by atoms with Crippen LogP contribution in [0.5, 0.6) is 0 Å². The highest BCUT2D eigenvalue weighted by Gasteiger charge is 2.57. The highest BCUT2D eigenvalue weighted by molar-refractivity contribution is 7.64. The molecule has 0 spiro atoms. The zero-order valence-electron chi connectivity index (χ0n) is 9.84. The van der Waals surface area contributed by atoms with Crippen molar-refractivity contribution in [2.45, 2.75) is 37.2 Å². The Balaban J connectivity index is 5.16. The summed E-state index contributed by atoms with van der Waals surface area (Å²) in [5.41, 5.74) is 0. The van der Waals surface area contributed by atoms with E-state index in [2.05, 4.69) is 0 Å². The second-order valence-electron chi connectivity index (χ2n) is 4.12. The number of hydrogen-bond acceptors (Lipinski definition) is 3. The maximum atomic E-state index is 12.4. The summed E-state index contributed by atoms with van der Waals surface area (Å²) < 4.78 is 21.3. The molecule has 0 aromatic rings. The minimum atomic E-state index is -3.45. The molecule has 0 aliphatic rings. The fourth-order valence-corrected chi connectivity index (χ4v) is 6.29. The summed E-state index contributed by atoms with van der Waals surface area (Å²) in [6.07, 6.45) is 0. The van der Waals surface area contributed by atoms with Gasteiger partial charge in [-0.25, -0.2) is 0 Å². The Morgan fingerprint density at radius 2 is 1.47 bits per heavy atom. The summed E-state index contributed by atoms with van der Waals surface area (Å²) in [7, 11) is -5.53. The van der Waals surface area contributed by atoms with E-state index in [1.165, 1.54) is 0 Å². The van der Waals surface area contributed by atoms with E-state index >= 15 is 0 Å². The molecule has 0 heterocycles. The average molecular weight is 293 g/mol. The van der Waals surface area contributed by atoms with Gasteiger partial charge in [0, 0.05) is 0 Å². The van der Waals surface area contributed by atoms with Crippen LogP contribution in [0.25, 0.3) is 0 Å². The van der Waals surface area contributed by atoms with Crippen LogP contribution < -0.4 is 0 Å². The van der Waals surface area contributed by atoms with Crippen molar-refractivity contribution in [2.24, 2.45) is 0 Å². The average Bonchev–Trinajstić information content (AvgIpc) is 2.02. The topological polar surface area (TPSA) is 35.5 Å². The predicted molar refractivity (Wildman–Crippen MR) is 68.6 cm³/mol. The van der Waals surface area contributed by atoms with Crippen molar-refractivity contribution in [3.05, 3.63) is 0 Å². The Bertz CT molecular complexity index is 243. The van der Waals surface area contributed by atoms with E-state index in [-0.39, 0.29) is 13.2 Å². The largest absolute Gasteiger partial charge is 0.362 e. The third-order valence-electron chi connectivity index (χ3n) is 1.84. The lowest BCUT2D eigenvalue weighted by Gasteiger charge is -2.36. The van der Waals surface area contributed by atoms with Gasteiger partial charge < -0.3 is 9.05 Å². The minimum Gasteiger partial charge on any atom is -0.307 e. The van der Waals surface area contributed by atoms with Gasteiger partial charge in [-0.2, -0.15) is 0 Å². The molecule has 0 aromatic heterocycles. The summed E-state index contributed by atoms with van der Waals surface area (Å²) in [4.78, 5) is 0. The summed E-state index contributed by atoms with van der Waals surface area (Å²) in [5.74, 6) is 0. The van der Waals surface area contributed by atoms with E-state index in [0.717, 1.165) is 0 Å². The van der Waals surface area contributed by atoms with Crippen LogP contribution in [0.15, 0.2) is 0 Å². The Morgan fingerprint density at radius 1 is 1.13 bits per heavy atom. The molecule has 0 bridgehead atoms. The summed E-state index contributed by atoms with van der Waals surface area (Å²) >= 11 is 12.4. The molecule has 0 aliphatic heterocycles. The number of rotatable bonds is 6. The molecule has 0 unspecified atom stereocenters. The summed E-state index contributed by atoms with van der Waals surface area (Å²) in [6, 6.07) is 0. The third kappa shape index (κ3) is 3.45. The van der Waals surface area contributed by atoms with Gasteiger partial charge in [0.25, 0.3) is 0 Å². The Hall–Kier alpha value is 0.947. The first-order chi connectivity index (χ1) is 6.62. The highest BCUT2D eigenvalue weighted by Crippen LogP contribution is 2.67. The van der Waals surface area contributed by atoms with Gasteiger partial charge in [0.15, 0.2) is 0 Å². The van der Waals surface area contributed by atoms with Gasteiger partial charge in [-0.3, -0.25) is 4.57 Å². The molecule has 0 saturated carbocycles. The van der Waals surface area contributed by atoms with E-state index in [0.29, 0.717) is 0 Å². The first-order valence-corrected chi connectivity index (χ1v) is 10.7. The van der Waals surface area contributed by atoms with Gasteiger partial charge in [0.1, 0.15) is 8.07 Å². The Kier molecular flexibility index (Phi) is 5.87. The SMILES string of the molecule is CCOP(=O)(OCC)C(Cl)(Cl)[Si](C)(C)C. The van der Waals surface area contributed by atoms with Crippen molar-refractivity contribution in [3.8, 4) is 0 Å². The van der Waals surface area contributed by atoms with Crippen molar-refractivity contribution in [2.75, 3.05) is 13.2 Å². The molecule has 0 aromatic carbocycles. The standard InChI is InChI=1S/C8H19Cl2O3PSi/c1-6-12-14(11,13-7-2)8(9,10)15(3,4)5/h6-7H2,1-5H3. The zero-order valence-corrected chi connectivity index (χ0v) is 13.2. The van der Waals surface area contributed by atoms with E-state index < -0.39 is 19.4 Å². The molecule has 0 fully saturated rings. The normalized spacial score (nSPS) is 14.3. The number of halogens is 2. The van der Waals surface area contributed by atoms with Crippen LogP contribution in [0, 0.1) is 0 Å². The number of hydrogen-bond donors (Lipinski definition) is 0. The summed E-state index contributed by atoms with van der Waals surface area (Å²) in [6.45, 7) is 9.79. The van der Waals surface area contributed by atoms with Gasteiger partial charge in [-0.15, -0.1) is 0 Å². The fraction of sp³-hybridized carbons (Fsp3) is 1.00. The molecule has 0 amide bonds. The molecule has 3 nitrogen and oxygen atoms in total.